The summed E-state index contributed by atoms with van der Waals surface area (Å²) >= 11 is 0. The molecule has 0 saturated carbocycles. The van der Waals surface area contributed by atoms with Gasteiger partial charge in [0.15, 0.2) is 0 Å². The predicted octanol–water partition coefficient (Wildman–Crippen LogP) is 3.83. The number of aromatic nitrogens is 2. The number of benzene rings is 2. The molecule has 0 radical (unpaired) electrons. The molecule has 1 saturated heterocycles. The molecule has 25 heavy (non-hydrogen) atoms. The Morgan fingerprint density at radius 1 is 1.00 bits per heavy atom. The molecule has 4 rings (SSSR count). The van der Waals surface area contributed by atoms with Crippen LogP contribution in [0.2, 0.25) is 0 Å². The second-order valence-corrected chi connectivity index (χ2v) is 6.43. The van der Waals surface area contributed by atoms with Crippen LogP contribution in [0.4, 0.5) is 17.5 Å². The largest absolute Gasteiger partial charge is 0.378 e. The zero-order valence-electron chi connectivity index (χ0n) is 14.6. The van der Waals surface area contributed by atoms with Crippen LogP contribution >= 0.6 is 0 Å². The van der Waals surface area contributed by atoms with E-state index in [1.165, 1.54) is 11.1 Å². The van der Waals surface area contributed by atoms with Crippen molar-refractivity contribution in [2.75, 3.05) is 36.5 Å². The molecule has 2 heterocycles. The van der Waals surface area contributed by atoms with Crippen molar-refractivity contribution in [3.63, 3.8) is 0 Å². The monoisotopic (exact) mass is 334 g/mol. The molecule has 0 spiro atoms. The molecule has 1 fully saturated rings. The number of hydrogen-bond donors (Lipinski definition) is 1. The van der Waals surface area contributed by atoms with Crippen LogP contribution in [0.3, 0.4) is 0 Å². The number of aryl methyl sites for hydroxylation is 2. The Bertz CT molecular complexity index is 903. The lowest BCUT2D eigenvalue weighted by Gasteiger charge is -2.29. The topological polar surface area (TPSA) is 50.3 Å². The first kappa shape index (κ1) is 15.8. The van der Waals surface area contributed by atoms with E-state index >= 15 is 0 Å². The van der Waals surface area contributed by atoms with E-state index in [1.54, 1.807) is 0 Å². The van der Waals surface area contributed by atoms with Crippen molar-refractivity contribution in [1.29, 1.82) is 0 Å². The van der Waals surface area contributed by atoms with Gasteiger partial charge in [0.25, 0.3) is 0 Å². The number of nitrogens with zero attached hydrogens (tertiary/aromatic N) is 3. The van der Waals surface area contributed by atoms with Gasteiger partial charge in [0, 0.05) is 24.2 Å². The molecule has 1 aliphatic heterocycles. The molecule has 128 valence electrons. The van der Waals surface area contributed by atoms with Gasteiger partial charge in [-0.2, -0.15) is 4.98 Å². The van der Waals surface area contributed by atoms with Gasteiger partial charge in [-0.25, -0.2) is 4.98 Å². The molecular weight excluding hydrogens is 312 g/mol. The fourth-order valence-corrected chi connectivity index (χ4v) is 3.21. The summed E-state index contributed by atoms with van der Waals surface area (Å²) < 4.78 is 5.49. The van der Waals surface area contributed by atoms with Crippen LogP contribution in [0.1, 0.15) is 11.1 Å². The lowest BCUT2D eigenvalue weighted by atomic mass is 10.1. The van der Waals surface area contributed by atoms with E-state index in [-0.39, 0.29) is 0 Å². The minimum atomic E-state index is 0.632. The first-order valence-electron chi connectivity index (χ1n) is 8.64. The summed E-state index contributed by atoms with van der Waals surface area (Å²) in [5.74, 6) is 1.60. The molecule has 5 nitrogen and oxygen atoms in total. The third-order valence-electron chi connectivity index (χ3n) is 4.52. The summed E-state index contributed by atoms with van der Waals surface area (Å²) in [4.78, 5) is 11.8. The highest BCUT2D eigenvalue weighted by Crippen LogP contribution is 2.28. The highest BCUT2D eigenvalue weighted by Gasteiger charge is 2.17. The lowest BCUT2D eigenvalue weighted by molar-refractivity contribution is 0.122. The highest BCUT2D eigenvalue weighted by atomic mass is 16.5. The summed E-state index contributed by atoms with van der Waals surface area (Å²) in [5.41, 5.74) is 4.42. The second-order valence-electron chi connectivity index (χ2n) is 6.43. The van der Waals surface area contributed by atoms with Gasteiger partial charge in [0.2, 0.25) is 5.95 Å². The Hall–Kier alpha value is -2.66. The minimum Gasteiger partial charge on any atom is -0.378 e. The van der Waals surface area contributed by atoms with Crippen LogP contribution in [0.15, 0.2) is 42.5 Å². The molecule has 1 aromatic heterocycles. The van der Waals surface area contributed by atoms with Crippen LogP contribution in [0, 0.1) is 13.8 Å². The van der Waals surface area contributed by atoms with Crippen LogP contribution in [-0.4, -0.2) is 36.3 Å². The van der Waals surface area contributed by atoms with Gasteiger partial charge >= 0.3 is 0 Å². The number of nitrogens with one attached hydrogen (secondary N) is 1. The zero-order chi connectivity index (χ0) is 17.2. The predicted molar refractivity (Wildman–Crippen MR) is 102 cm³/mol. The van der Waals surface area contributed by atoms with E-state index in [2.05, 4.69) is 48.3 Å². The van der Waals surface area contributed by atoms with Gasteiger partial charge in [-0.15, -0.1) is 0 Å². The van der Waals surface area contributed by atoms with E-state index in [0.717, 1.165) is 48.7 Å². The Morgan fingerprint density at radius 2 is 1.80 bits per heavy atom. The maximum Gasteiger partial charge on any atom is 0.229 e. The van der Waals surface area contributed by atoms with Crippen LogP contribution in [0.25, 0.3) is 10.9 Å². The Morgan fingerprint density at radius 3 is 2.60 bits per heavy atom. The third kappa shape index (κ3) is 3.28. The van der Waals surface area contributed by atoms with Gasteiger partial charge in [-0.1, -0.05) is 29.8 Å². The van der Waals surface area contributed by atoms with Crippen molar-refractivity contribution in [2.24, 2.45) is 0 Å². The summed E-state index contributed by atoms with van der Waals surface area (Å²) in [6, 6.07) is 14.5. The molecule has 0 aliphatic carbocycles. The van der Waals surface area contributed by atoms with Gasteiger partial charge < -0.3 is 15.0 Å². The molecule has 1 aliphatic rings. The third-order valence-corrected chi connectivity index (χ3v) is 4.52. The fraction of sp³-hybridized carbons (Fsp3) is 0.300. The van der Waals surface area contributed by atoms with Crippen molar-refractivity contribution < 1.29 is 4.74 Å². The molecule has 1 N–H and O–H groups in total. The maximum atomic E-state index is 5.49. The molecule has 0 atom stereocenters. The summed E-state index contributed by atoms with van der Waals surface area (Å²) in [7, 11) is 0. The van der Waals surface area contributed by atoms with Gasteiger partial charge in [-0.05, 0) is 37.6 Å². The minimum absolute atomic E-state index is 0.632. The average molecular weight is 334 g/mol. The lowest BCUT2D eigenvalue weighted by Crippen LogP contribution is -2.37. The van der Waals surface area contributed by atoms with Crippen LogP contribution in [0.5, 0.6) is 0 Å². The SMILES string of the molecule is Cc1ccc(Nc2nc(N3CCOCC3)c3ccccc3n2)c(C)c1. The quantitative estimate of drug-likeness (QED) is 0.789. The number of para-hydroxylation sites is 1. The zero-order valence-corrected chi connectivity index (χ0v) is 14.6. The van der Waals surface area contributed by atoms with Gasteiger partial charge in [-0.3, -0.25) is 0 Å². The first-order valence-corrected chi connectivity index (χ1v) is 8.64. The number of fused-ring (bicyclic) bond motifs is 1. The van der Waals surface area contributed by atoms with E-state index in [1.807, 2.05) is 18.2 Å². The average Bonchev–Trinajstić information content (AvgIpc) is 2.64. The smallest absolute Gasteiger partial charge is 0.229 e. The fourth-order valence-electron chi connectivity index (χ4n) is 3.21. The van der Waals surface area contributed by atoms with Crippen LogP contribution in [-0.2, 0) is 4.74 Å². The molecule has 2 aromatic carbocycles. The number of ether oxygens (including phenoxy) is 1. The molecule has 0 bridgehead atoms. The van der Waals surface area contributed by atoms with Crippen LogP contribution < -0.4 is 10.2 Å². The molecule has 3 aromatic rings. The Labute approximate surface area is 147 Å². The van der Waals surface area contributed by atoms with Crippen molar-refractivity contribution in [3.05, 3.63) is 53.6 Å². The number of anilines is 3. The van der Waals surface area contributed by atoms with Crippen molar-refractivity contribution in [2.45, 2.75) is 13.8 Å². The molecule has 0 amide bonds. The van der Waals surface area contributed by atoms with Gasteiger partial charge in [0.1, 0.15) is 5.82 Å². The maximum absolute atomic E-state index is 5.49. The number of hydrogen-bond acceptors (Lipinski definition) is 5. The van der Waals surface area contributed by atoms with Crippen molar-refractivity contribution in [3.8, 4) is 0 Å². The number of rotatable bonds is 3. The molecule has 0 unspecified atom stereocenters. The van der Waals surface area contributed by atoms with Gasteiger partial charge in [0.05, 0.1) is 18.7 Å². The second kappa shape index (κ2) is 6.69. The molecular formula is C20H22N4O. The van der Waals surface area contributed by atoms with E-state index < -0.39 is 0 Å². The number of morpholine rings is 1. The standard InChI is InChI=1S/C20H22N4O/c1-14-7-8-17(15(2)13-14)21-20-22-18-6-4-3-5-16(18)19(23-20)24-9-11-25-12-10-24/h3-8,13H,9-12H2,1-2H3,(H,21,22,23). The summed E-state index contributed by atoms with van der Waals surface area (Å²) in [6.07, 6.45) is 0. The summed E-state index contributed by atoms with van der Waals surface area (Å²) in [6.45, 7) is 7.36. The van der Waals surface area contributed by atoms with E-state index in [0.29, 0.717) is 5.95 Å². The van der Waals surface area contributed by atoms with Crippen molar-refractivity contribution >= 4 is 28.4 Å². The normalized spacial score (nSPS) is 14.7. The first-order chi connectivity index (χ1) is 12.2. The Kier molecular flexibility index (Phi) is 4.24. The highest BCUT2D eigenvalue weighted by molar-refractivity contribution is 5.90. The Balaban J connectivity index is 1.76. The molecule has 5 heteroatoms. The van der Waals surface area contributed by atoms with Crippen molar-refractivity contribution in [1.82, 2.24) is 9.97 Å². The summed E-state index contributed by atoms with van der Waals surface area (Å²) in [5, 5.41) is 4.47. The van der Waals surface area contributed by atoms with E-state index in [9.17, 15) is 0 Å². The van der Waals surface area contributed by atoms with E-state index in [4.69, 9.17) is 14.7 Å².